The van der Waals surface area contributed by atoms with Crippen molar-refractivity contribution in [3.63, 3.8) is 0 Å². The van der Waals surface area contributed by atoms with E-state index in [2.05, 4.69) is 10.2 Å². The van der Waals surface area contributed by atoms with Gasteiger partial charge in [0.25, 0.3) is 0 Å². The van der Waals surface area contributed by atoms with Gasteiger partial charge in [0.15, 0.2) is 0 Å². The molecule has 26 heavy (non-hydrogen) atoms. The van der Waals surface area contributed by atoms with Crippen LogP contribution in [0, 0.1) is 6.92 Å². The van der Waals surface area contributed by atoms with E-state index >= 15 is 0 Å². The van der Waals surface area contributed by atoms with E-state index in [1.54, 1.807) is 14.0 Å². The van der Waals surface area contributed by atoms with Gasteiger partial charge in [-0.25, -0.2) is 0 Å². The number of aryl methyl sites for hydroxylation is 1. The van der Waals surface area contributed by atoms with Crippen molar-refractivity contribution in [3.05, 3.63) is 71.4 Å². The van der Waals surface area contributed by atoms with Gasteiger partial charge in [0, 0.05) is 14.0 Å². The van der Waals surface area contributed by atoms with Gasteiger partial charge in [-0.3, -0.25) is 0 Å². The molecule has 7 heteroatoms. The Bertz CT molecular complexity index is 873. The van der Waals surface area contributed by atoms with Gasteiger partial charge in [-0.15, -0.1) is 10.2 Å². The Morgan fingerprint density at radius 2 is 1.77 bits per heavy atom. The summed E-state index contributed by atoms with van der Waals surface area (Å²) in [6.45, 7) is 1.71. The first-order valence-electron chi connectivity index (χ1n) is 7.96. The van der Waals surface area contributed by atoms with Crippen LogP contribution in [0.3, 0.4) is 0 Å². The van der Waals surface area contributed by atoms with Gasteiger partial charge in [-0.05, 0) is 34.9 Å². The number of benzene rings is 2. The van der Waals surface area contributed by atoms with Crippen molar-refractivity contribution >= 4 is 0 Å². The van der Waals surface area contributed by atoms with Crippen LogP contribution in [0.15, 0.2) is 52.9 Å². The Kier molecular flexibility index (Phi) is 5.08. The molecule has 0 aliphatic carbocycles. The third-order valence-corrected chi connectivity index (χ3v) is 4.02. The quantitative estimate of drug-likeness (QED) is 0.641. The maximum absolute atomic E-state index is 12.7. The molecule has 4 nitrogen and oxygen atoms in total. The number of aromatic nitrogens is 2. The fourth-order valence-corrected chi connectivity index (χ4v) is 2.69. The second kappa shape index (κ2) is 7.29. The van der Waals surface area contributed by atoms with E-state index in [4.69, 9.17) is 9.15 Å². The third-order valence-electron chi connectivity index (χ3n) is 4.02. The van der Waals surface area contributed by atoms with Gasteiger partial charge in [-0.1, -0.05) is 30.3 Å². The van der Waals surface area contributed by atoms with E-state index in [-0.39, 0.29) is 6.10 Å². The number of methoxy groups -OCH3 is 1. The minimum atomic E-state index is -4.34. The predicted octanol–water partition coefficient (Wildman–Crippen LogP) is 4.99. The monoisotopic (exact) mass is 362 g/mol. The van der Waals surface area contributed by atoms with E-state index in [1.807, 2.05) is 24.3 Å². The van der Waals surface area contributed by atoms with Crippen molar-refractivity contribution in [1.29, 1.82) is 0 Å². The van der Waals surface area contributed by atoms with Crippen molar-refractivity contribution in [3.8, 4) is 11.1 Å². The average molecular weight is 362 g/mol. The maximum atomic E-state index is 12.7. The van der Waals surface area contributed by atoms with Crippen molar-refractivity contribution in [1.82, 2.24) is 10.2 Å². The molecule has 0 aliphatic rings. The zero-order valence-electron chi connectivity index (χ0n) is 14.2. The Morgan fingerprint density at radius 1 is 1.04 bits per heavy atom. The number of nitrogens with zero attached hydrogens (tertiary/aromatic N) is 2. The van der Waals surface area contributed by atoms with E-state index in [1.165, 1.54) is 12.1 Å². The lowest BCUT2D eigenvalue weighted by molar-refractivity contribution is -0.137. The normalized spacial score (nSPS) is 13.0. The predicted molar refractivity (Wildman–Crippen MR) is 89.4 cm³/mol. The largest absolute Gasteiger partial charge is 0.425 e. The SMILES string of the molecule is COC(Cc1nnc(C)o1)c1cccc(-c2ccc(C(F)(F)F)cc2)c1. The van der Waals surface area contributed by atoms with E-state index < -0.39 is 11.7 Å². The summed E-state index contributed by atoms with van der Waals surface area (Å²) in [5.74, 6) is 0.947. The summed E-state index contributed by atoms with van der Waals surface area (Å²) in [6, 6.07) is 12.6. The molecule has 0 aliphatic heterocycles. The molecule has 0 N–H and O–H groups in total. The highest BCUT2D eigenvalue weighted by molar-refractivity contribution is 5.64. The summed E-state index contributed by atoms with van der Waals surface area (Å²) in [5, 5.41) is 7.77. The van der Waals surface area contributed by atoms with Crippen LogP contribution >= 0.6 is 0 Å². The number of alkyl halides is 3. The zero-order valence-corrected chi connectivity index (χ0v) is 14.2. The van der Waals surface area contributed by atoms with Crippen LogP contribution in [-0.2, 0) is 17.3 Å². The van der Waals surface area contributed by atoms with Gasteiger partial charge >= 0.3 is 6.18 Å². The fraction of sp³-hybridized carbons (Fsp3) is 0.263. The lowest BCUT2D eigenvalue weighted by Gasteiger charge is -2.15. The molecule has 0 spiro atoms. The van der Waals surface area contributed by atoms with E-state index in [0.717, 1.165) is 23.3 Å². The van der Waals surface area contributed by atoms with Crippen LogP contribution in [0.1, 0.15) is 29.0 Å². The van der Waals surface area contributed by atoms with Crippen LogP contribution in [0.2, 0.25) is 0 Å². The highest BCUT2D eigenvalue weighted by Gasteiger charge is 2.30. The molecule has 0 saturated heterocycles. The molecule has 1 atom stereocenters. The first-order chi connectivity index (χ1) is 12.4. The van der Waals surface area contributed by atoms with Gasteiger partial charge in [0.2, 0.25) is 11.8 Å². The second-order valence-corrected chi connectivity index (χ2v) is 5.84. The molecule has 3 aromatic rings. The Morgan fingerprint density at radius 3 is 2.35 bits per heavy atom. The number of hydrogen-bond acceptors (Lipinski definition) is 4. The minimum absolute atomic E-state index is 0.302. The molecule has 0 amide bonds. The average Bonchev–Trinajstić information content (AvgIpc) is 3.04. The van der Waals surface area contributed by atoms with Crippen molar-refractivity contribution in [2.45, 2.75) is 25.6 Å². The highest BCUT2D eigenvalue weighted by Crippen LogP contribution is 2.32. The van der Waals surface area contributed by atoms with Crippen LogP contribution < -0.4 is 0 Å². The molecule has 3 rings (SSSR count). The van der Waals surface area contributed by atoms with E-state index in [9.17, 15) is 13.2 Å². The van der Waals surface area contributed by atoms with Crippen LogP contribution in [0.5, 0.6) is 0 Å². The molecule has 1 aromatic heterocycles. The molecular weight excluding hydrogens is 345 g/mol. The molecule has 0 radical (unpaired) electrons. The fourth-order valence-electron chi connectivity index (χ4n) is 2.69. The Balaban J connectivity index is 1.84. The van der Waals surface area contributed by atoms with Gasteiger partial charge in [-0.2, -0.15) is 13.2 Å². The van der Waals surface area contributed by atoms with Gasteiger partial charge in [0.05, 0.1) is 18.1 Å². The van der Waals surface area contributed by atoms with E-state index in [0.29, 0.717) is 23.8 Å². The van der Waals surface area contributed by atoms with Crippen molar-refractivity contribution in [2.75, 3.05) is 7.11 Å². The molecule has 1 heterocycles. The summed E-state index contributed by atoms with van der Waals surface area (Å²) >= 11 is 0. The van der Waals surface area contributed by atoms with Gasteiger partial charge < -0.3 is 9.15 Å². The first-order valence-corrected chi connectivity index (χ1v) is 7.96. The Hall–Kier alpha value is -2.67. The lowest BCUT2D eigenvalue weighted by Crippen LogP contribution is -2.06. The van der Waals surface area contributed by atoms with Crippen molar-refractivity contribution < 1.29 is 22.3 Å². The minimum Gasteiger partial charge on any atom is -0.425 e. The van der Waals surface area contributed by atoms with Crippen LogP contribution in [0.4, 0.5) is 13.2 Å². The lowest BCUT2D eigenvalue weighted by atomic mass is 9.98. The summed E-state index contributed by atoms with van der Waals surface area (Å²) in [5.41, 5.74) is 1.71. The molecule has 0 saturated carbocycles. The first kappa shape index (κ1) is 18.1. The summed E-state index contributed by atoms with van der Waals surface area (Å²) in [7, 11) is 1.58. The summed E-state index contributed by atoms with van der Waals surface area (Å²) < 4.78 is 49.0. The van der Waals surface area contributed by atoms with Crippen molar-refractivity contribution in [2.24, 2.45) is 0 Å². The number of rotatable bonds is 5. The summed E-state index contributed by atoms with van der Waals surface area (Å²) in [4.78, 5) is 0. The number of halogens is 3. The second-order valence-electron chi connectivity index (χ2n) is 5.84. The number of ether oxygens (including phenoxy) is 1. The Labute approximate surface area is 148 Å². The van der Waals surface area contributed by atoms with Gasteiger partial charge in [0.1, 0.15) is 0 Å². The standard InChI is InChI=1S/C19H17F3N2O2/c1-12-23-24-18(26-12)11-17(25-2)15-5-3-4-14(10-15)13-6-8-16(9-7-13)19(20,21)22/h3-10,17H,11H2,1-2H3. The molecular formula is C19H17F3N2O2. The topological polar surface area (TPSA) is 48.2 Å². The summed E-state index contributed by atoms with van der Waals surface area (Å²) in [6.07, 6.45) is -4.23. The molecule has 136 valence electrons. The molecule has 0 bridgehead atoms. The van der Waals surface area contributed by atoms with Crippen LogP contribution in [0.25, 0.3) is 11.1 Å². The maximum Gasteiger partial charge on any atom is 0.416 e. The molecule has 0 fully saturated rings. The number of hydrogen-bond donors (Lipinski definition) is 0. The molecule has 2 aromatic carbocycles. The molecule has 1 unspecified atom stereocenters. The van der Waals surface area contributed by atoms with Crippen LogP contribution in [-0.4, -0.2) is 17.3 Å². The smallest absolute Gasteiger partial charge is 0.416 e. The zero-order chi connectivity index (χ0) is 18.7. The third kappa shape index (κ3) is 4.11. The highest BCUT2D eigenvalue weighted by atomic mass is 19.4.